The lowest BCUT2D eigenvalue weighted by Crippen LogP contribution is -2.37. The van der Waals surface area contributed by atoms with Crippen LogP contribution in [0.15, 0.2) is 61.2 Å². The molecule has 0 spiro atoms. The summed E-state index contributed by atoms with van der Waals surface area (Å²) in [7, 11) is 0. The van der Waals surface area contributed by atoms with Crippen LogP contribution in [0, 0.1) is 0 Å². The van der Waals surface area contributed by atoms with Crippen LogP contribution >= 0.6 is 0 Å². The number of nitrogens with one attached hydrogen (secondary N) is 1. The molecule has 0 aromatic heterocycles. The predicted molar refractivity (Wildman–Crippen MR) is 106 cm³/mol. The topological polar surface area (TPSA) is 50.8 Å². The maximum atomic E-state index is 12.4. The van der Waals surface area contributed by atoms with E-state index in [4.69, 9.17) is 9.47 Å². The molecule has 3 rings (SSSR count). The average molecular weight is 366 g/mol. The van der Waals surface area contributed by atoms with Gasteiger partial charge in [0, 0.05) is 37.3 Å². The van der Waals surface area contributed by atoms with Gasteiger partial charge < -0.3 is 14.8 Å². The molecule has 0 aliphatic carbocycles. The number of nitrogens with zero attached hydrogens (tertiary/aromatic N) is 1. The van der Waals surface area contributed by atoms with Gasteiger partial charge in [0.2, 0.25) is 0 Å². The number of benzene rings is 2. The van der Waals surface area contributed by atoms with Crippen molar-refractivity contribution in [2.24, 2.45) is 0 Å². The first-order chi connectivity index (χ1) is 13.2. The van der Waals surface area contributed by atoms with Crippen molar-refractivity contribution >= 4 is 5.91 Å². The van der Waals surface area contributed by atoms with Crippen LogP contribution in [-0.4, -0.2) is 43.2 Å². The molecule has 1 atom stereocenters. The highest BCUT2D eigenvalue weighted by molar-refractivity contribution is 5.94. The van der Waals surface area contributed by atoms with Crippen molar-refractivity contribution in [2.75, 3.05) is 26.2 Å². The Morgan fingerprint density at radius 1 is 1.33 bits per heavy atom. The summed E-state index contributed by atoms with van der Waals surface area (Å²) < 4.78 is 11.5. The zero-order valence-corrected chi connectivity index (χ0v) is 15.7. The van der Waals surface area contributed by atoms with Crippen LogP contribution in [-0.2, 0) is 6.54 Å². The molecule has 2 aromatic rings. The molecule has 27 heavy (non-hydrogen) atoms. The first-order valence-corrected chi connectivity index (χ1v) is 9.24. The lowest BCUT2D eigenvalue weighted by atomic mass is 10.2. The highest BCUT2D eigenvalue weighted by Crippen LogP contribution is 2.24. The van der Waals surface area contributed by atoms with Crippen molar-refractivity contribution < 1.29 is 14.3 Å². The molecule has 1 unspecified atom stereocenters. The molecule has 0 radical (unpaired) electrons. The smallest absolute Gasteiger partial charge is 0.251 e. The molecule has 1 aliphatic heterocycles. The lowest BCUT2D eigenvalue weighted by molar-refractivity contribution is 0.0944. The number of rotatable bonds is 7. The minimum absolute atomic E-state index is 0.0985. The number of para-hydroxylation sites is 1. The average Bonchev–Trinajstić information content (AvgIpc) is 2.83. The lowest BCUT2D eigenvalue weighted by Gasteiger charge is -2.21. The number of amides is 1. The summed E-state index contributed by atoms with van der Waals surface area (Å²) in [6.45, 7) is 9.11. The summed E-state index contributed by atoms with van der Waals surface area (Å²) in [5, 5.41) is 2.99. The summed E-state index contributed by atoms with van der Waals surface area (Å²) in [5.74, 6) is 1.52. The van der Waals surface area contributed by atoms with Gasteiger partial charge in [-0.05, 0) is 31.2 Å². The van der Waals surface area contributed by atoms with Gasteiger partial charge in [0.1, 0.15) is 24.2 Å². The Morgan fingerprint density at radius 2 is 2.19 bits per heavy atom. The first kappa shape index (κ1) is 19.0. The van der Waals surface area contributed by atoms with Crippen molar-refractivity contribution in [3.05, 3.63) is 72.3 Å². The standard InChI is InChI=1S/C22H26N2O3/c1-3-13-26-20-9-6-8-18(14-20)22(25)23-11-12-24-15-17(2)27-21-10-5-4-7-19(21)16-24/h3-10,14,17H,1,11-13,15-16H2,2H3,(H,23,25). The largest absolute Gasteiger partial charge is 0.490 e. The van der Waals surface area contributed by atoms with Crippen LogP contribution in [0.5, 0.6) is 11.5 Å². The molecule has 5 heteroatoms. The van der Waals surface area contributed by atoms with Gasteiger partial charge in [0.15, 0.2) is 0 Å². The number of fused-ring (bicyclic) bond motifs is 1. The highest BCUT2D eigenvalue weighted by Gasteiger charge is 2.19. The molecule has 0 saturated carbocycles. The van der Waals surface area contributed by atoms with Gasteiger partial charge in [-0.3, -0.25) is 9.69 Å². The monoisotopic (exact) mass is 366 g/mol. The molecule has 1 amide bonds. The van der Waals surface area contributed by atoms with E-state index in [1.807, 2.05) is 30.3 Å². The Labute approximate surface area is 160 Å². The molecule has 1 aliphatic rings. The SMILES string of the molecule is C=CCOc1cccc(C(=O)NCCN2Cc3ccccc3OC(C)C2)c1. The van der Waals surface area contributed by atoms with Gasteiger partial charge >= 0.3 is 0 Å². The molecule has 5 nitrogen and oxygen atoms in total. The van der Waals surface area contributed by atoms with Crippen LogP contribution in [0.4, 0.5) is 0 Å². The number of ether oxygens (including phenoxy) is 2. The number of carbonyl (C=O) groups is 1. The Morgan fingerprint density at radius 3 is 3.04 bits per heavy atom. The summed E-state index contributed by atoms with van der Waals surface area (Å²) in [5.41, 5.74) is 1.77. The number of hydrogen-bond acceptors (Lipinski definition) is 4. The molecule has 142 valence electrons. The van der Waals surface area contributed by atoms with E-state index in [1.165, 1.54) is 5.56 Å². The van der Waals surface area contributed by atoms with Gasteiger partial charge in [0.05, 0.1) is 0 Å². The van der Waals surface area contributed by atoms with Crippen molar-refractivity contribution in [3.8, 4) is 11.5 Å². The van der Waals surface area contributed by atoms with Gasteiger partial charge in [0.25, 0.3) is 5.91 Å². The second-order valence-electron chi connectivity index (χ2n) is 6.65. The maximum Gasteiger partial charge on any atom is 0.251 e. The molecule has 0 saturated heterocycles. The van der Waals surface area contributed by atoms with E-state index >= 15 is 0 Å². The van der Waals surface area contributed by atoms with Crippen LogP contribution in [0.3, 0.4) is 0 Å². The van der Waals surface area contributed by atoms with Crippen LogP contribution in [0.2, 0.25) is 0 Å². The molecular formula is C22H26N2O3. The summed E-state index contributed by atoms with van der Waals surface area (Å²) in [6, 6.07) is 15.3. The Balaban J connectivity index is 1.53. The molecule has 1 heterocycles. The van der Waals surface area contributed by atoms with Gasteiger partial charge in [-0.15, -0.1) is 0 Å². The fourth-order valence-electron chi connectivity index (χ4n) is 3.15. The Kier molecular flexibility index (Phi) is 6.49. The first-order valence-electron chi connectivity index (χ1n) is 9.24. The molecule has 0 fully saturated rings. The van der Waals surface area contributed by atoms with E-state index in [2.05, 4.69) is 29.8 Å². The second-order valence-corrected chi connectivity index (χ2v) is 6.65. The van der Waals surface area contributed by atoms with Gasteiger partial charge in [-0.1, -0.05) is 36.9 Å². The fourth-order valence-corrected chi connectivity index (χ4v) is 3.15. The normalized spacial score (nSPS) is 16.6. The second kappa shape index (κ2) is 9.24. The Bertz CT molecular complexity index is 791. The van der Waals surface area contributed by atoms with Crippen LogP contribution in [0.1, 0.15) is 22.8 Å². The van der Waals surface area contributed by atoms with Gasteiger partial charge in [-0.25, -0.2) is 0 Å². The number of hydrogen-bond donors (Lipinski definition) is 1. The third-order valence-electron chi connectivity index (χ3n) is 4.39. The van der Waals surface area contributed by atoms with Gasteiger partial charge in [-0.2, -0.15) is 0 Å². The molecule has 1 N–H and O–H groups in total. The predicted octanol–water partition coefficient (Wildman–Crippen LogP) is 3.26. The highest BCUT2D eigenvalue weighted by atomic mass is 16.5. The third-order valence-corrected chi connectivity index (χ3v) is 4.39. The van der Waals surface area contributed by atoms with Crippen molar-refractivity contribution in [1.29, 1.82) is 0 Å². The summed E-state index contributed by atoms with van der Waals surface area (Å²) in [6.07, 6.45) is 1.79. The summed E-state index contributed by atoms with van der Waals surface area (Å²) in [4.78, 5) is 14.7. The van der Waals surface area contributed by atoms with E-state index in [0.717, 1.165) is 25.4 Å². The van der Waals surface area contributed by atoms with E-state index < -0.39 is 0 Å². The van der Waals surface area contributed by atoms with Crippen LogP contribution < -0.4 is 14.8 Å². The minimum atomic E-state index is -0.0985. The molecule has 0 bridgehead atoms. The fraction of sp³-hybridized carbons (Fsp3) is 0.318. The van der Waals surface area contributed by atoms with Crippen LogP contribution in [0.25, 0.3) is 0 Å². The van der Waals surface area contributed by atoms with E-state index in [1.54, 1.807) is 18.2 Å². The quantitative estimate of drug-likeness (QED) is 0.764. The zero-order valence-electron chi connectivity index (χ0n) is 15.7. The number of carbonyl (C=O) groups excluding carboxylic acids is 1. The molecule has 2 aromatic carbocycles. The third kappa shape index (κ3) is 5.34. The van der Waals surface area contributed by atoms with E-state index in [9.17, 15) is 4.79 Å². The van der Waals surface area contributed by atoms with E-state index in [-0.39, 0.29) is 12.0 Å². The van der Waals surface area contributed by atoms with Crippen molar-refractivity contribution in [1.82, 2.24) is 10.2 Å². The van der Waals surface area contributed by atoms with Crippen molar-refractivity contribution in [2.45, 2.75) is 19.6 Å². The molecular weight excluding hydrogens is 340 g/mol. The minimum Gasteiger partial charge on any atom is -0.490 e. The maximum absolute atomic E-state index is 12.4. The van der Waals surface area contributed by atoms with E-state index in [0.29, 0.717) is 24.5 Å². The summed E-state index contributed by atoms with van der Waals surface area (Å²) >= 11 is 0. The van der Waals surface area contributed by atoms with Crippen molar-refractivity contribution in [3.63, 3.8) is 0 Å². The Hall–Kier alpha value is -2.79. The zero-order chi connectivity index (χ0) is 19.1.